The number of halogens is 1. The largest absolute Gasteiger partial charge is 0.493 e. The van der Waals surface area contributed by atoms with Crippen molar-refractivity contribution in [3.63, 3.8) is 0 Å². The molecule has 4 rings (SSSR count). The highest BCUT2D eigenvalue weighted by atomic mass is 127. The van der Waals surface area contributed by atoms with Crippen molar-refractivity contribution >= 4 is 29.9 Å². The molecule has 1 aromatic heterocycles. The van der Waals surface area contributed by atoms with Gasteiger partial charge in [0, 0.05) is 26.7 Å². The second-order valence-corrected chi connectivity index (χ2v) is 8.20. The molecule has 2 aliphatic rings. The number of hydrogen-bond donors (Lipinski definition) is 1. The van der Waals surface area contributed by atoms with Crippen LogP contribution in [-0.4, -0.2) is 63.2 Å². The summed E-state index contributed by atoms with van der Waals surface area (Å²) in [5, 5.41) is 3.63. The van der Waals surface area contributed by atoms with E-state index in [4.69, 9.17) is 13.9 Å². The van der Waals surface area contributed by atoms with Crippen LogP contribution in [0.2, 0.25) is 0 Å². The zero-order chi connectivity index (χ0) is 21.6. The Balaban J connectivity index is 0.00000289. The third-order valence-electron chi connectivity index (χ3n) is 6.39. The van der Waals surface area contributed by atoms with Crippen LogP contribution in [0.5, 0.6) is 11.5 Å². The quantitative estimate of drug-likeness (QED) is 0.330. The van der Waals surface area contributed by atoms with E-state index in [-0.39, 0.29) is 30.0 Å². The third kappa shape index (κ3) is 5.51. The molecule has 0 saturated carbocycles. The molecule has 1 unspecified atom stereocenters. The number of hydrogen-bond acceptors (Lipinski definition) is 5. The Labute approximate surface area is 208 Å². The van der Waals surface area contributed by atoms with Crippen LogP contribution < -0.4 is 14.8 Å². The Morgan fingerprint density at radius 3 is 2.44 bits per heavy atom. The van der Waals surface area contributed by atoms with E-state index in [0.717, 1.165) is 62.4 Å². The Morgan fingerprint density at radius 1 is 1.09 bits per heavy atom. The van der Waals surface area contributed by atoms with Gasteiger partial charge in [-0.1, -0.05) is 6.42 Å². The van der Waals surface area contributed by atoms with Crippen LogP contribution >= 0.6 is 24.0 Å². The van der Waals surface area contributed by atoms with Crippen molar-refractivity contribution in [3.8, 4) is 11.5 Å². The van der Waals surface area contributed by atoms with Gasteiger partial charge >= 0.3 is 0 Å². The molecule has 0 amide bonds. The average Bonchev–Trinajstić information content (AvgIpc) is 3.36. The standard InChI is InChI=1S/C24H34N4O3.HI/c1-25-24(26-16-20(21-8-7-13-31-21)27-10-5-4-6-11-27)28-12-9-18-14-22(29-2)23(30-3)15-19(18)17-28;/h7-8,13-15,20H,4-6,9-12,16-17H2,1-3H3,(H,25,26);1H. The van der Waals surface area contributed by atoms with Crippen LogP contribution in [0.25, 0.3) is 0 Å². The Hall–Kier alpha value is -1.94. The van der Waals surface area contributed by atoms with E-state index in [0.29, 0.717) is 0 Å². The summed E-state index contributed by atoms with van der Waals surface area (Å²) >= 11 is 0. The van der Waals surface area contributed by atoms with Gasteiger partial charge in [0.1, 0.15) is 5.76 Å². The minimum absolute atomic E-state index is 0. The van der Waals surface area contributed by atoms with Gasteiger partial charge in [0.05, 0.1) is 26.5 Å². The first-order valence-corrected chi connectivity index (χ1v) is 11.2. The summed E-state index contributed by atoms with van der Waals surface area (Å²) in [5.74, 6) is 3.51. The molecule has 0 aliphatic carbocycles. The van der Waals surface area contributed by atoms with Crippen molar-refractivity contribution in [2.24, 2.45) is 4.99 Å². The molecule has 0 radical (unpaired) electrons. The van der Waals surface area contributed by atoms with E-state index in [2.05, 4.69) is 38.3 Å². The maximum atomic E-state index is 5.79. The Kier molecular flexibility index (Phi) is 9.10. The lowest BCUT2D eigenvalue weighted by Crippen LogP contribution is -2.47. The zero-order valence-corrected chi connectivity index (χ0v) is 21.6. The Morgan fingerprint density at radius 2 is 1.81 bits per heavy atom. The Bertz CT molecular complexity index is 882. The van der Waals surface area contributed by atoms with Gasteiger partial charge in [-0.15, -0.1) is 24.0 Å². The molecule has 8 heteroatoms. The monoisotopic (exact) mass is 554 g/mol. The average molecular weight is 554 g/mol. The summed E-state index contributed by atoms with van der Waals surface area (Å²) in [5.41, 5.74) is 2.57. The van der Waals surface area contributed by atoms with Gasteiger partial charge in [-0.2, -0.15) is 0 Å². The summed E-state index contributed by atoms with van der Waals surface area (Å²) in [6.45, 7) is 4.71. The minimum atomic E-state index is 0. The van der Waals surface area contributed by atoms with E-state index < -0.39 is 0 Å². The number of methoxy groups -OCH3 is 2. The summed E-state index contributed by atoms with van der Waals surface area (Å²) in [4.78, 5) is 9.43. The highest BCUT2D eigenvalue weighted by molar-refractivity contribution is 14.0. The summed E-state index contributed by atoms with van der Waals surface area (Å²) in [6.07, 6.45) is 6.53. The summed E-state index contributed by atoms with van der Waals surface area (Å²) in [6, 6.07) is 8.47. The van der Waals surface area contributed by atoms with Crippen LogP contribution in [0.1, 0.15) is 42.2 Å². The maximum absolute atomic E-state index is 5.79. The van der Waals surface area contributed by atoms with Crippen molar-refractivity contribution in [2.75, 3.05) is 47.4 Å². The highest BCUT2D eigenvalue weighted by Crippen LogP contribution is 2.33. The number of guanidine groups is 1. The van der Waals surface area contributed by atoms with E-state index in [9.17, 15) is 0 Å². The highest BCUT2D eigenvalue weighted by Gasteiger charge is 2.26. The van der Waals surface area contributed by atoms with Crippen LogP contribution in [0, 0.1) is 0 Å². The SMILES string of the molecule is CN=C(NCC(c1ccco1)N1CCCCC1)N1CCc2cc(OC)c(OC)cc2C1.I. The normalized spacial score (nSPS) is 17.8. The van der Waals surface area contributed by atoms with Gasteiger partial charge in [-0.05, 0) is 67.7 Å². The van der Waals surface area contributed by atoms with E-state index in [1.165, 1.54) is 30.4 Å². The fourth-order valence-electron chi connectivity index (χ4n) is 4.70. The number of benzene rings is 1. The second kappa shape index (κ2) is 11.8. The van der Waals surface area contributed by atoms with E-state index in [1.54, 1.807) is 20.5 Å². The van der Waals surface area contributed by atoms with Crippen LogP contribution in [-0.2, 0) is 13.0 Å². The second-order valence-electron chi connectivity index (χ2n) is 8.20. The van der Waals surface area contributed by atoms with Gasteiger partial charge in [-0.3, -0.25) is 9.89 Å². The molecule has 1 N–H and O–H groups in total. The smallest absolute Gasteiger partial charge is 0.194 e. The predicted octanol–water partition coefficient (Wildman–Crippen LogP) is 4.08. The molecule has 0 bridgehead atoms. The number of ether oxygens (including phenoxy) is 2. The number of nitrogens with one attached hydrogen (secondary N) is 1. The molecule has 2 aliphatic heterocycles. The molecule has 1 saturated heterocycles. The topological polar surface area (TPSA) is 62.5 Å². The van der Waals surface area contributed by atoms with Gasteiger partial charge in [-0.25, -0.2) is 0 Å². The number of nitrogens with zero attached hydrogens (tertiary/aromatic N) is 3. The van der Waals surface area contributed by atoms with Crippen molar-refractivity contribution in [3.05, 3.63) is 47.4 Å². The molecule has 2 aromatic rings. The first kappa shape index (κ1) is 24.7. The lowest BCUT2D eigenvalue weighted by atomic mass is 9.99. The molecule has 7 nitrogen and oxygen atoms in total. The van der Waals surface area contributed by atoms with Gasteiger partial charge in [0.25, 0.3) is 0 Å². The van der Waals surface area contributed by atoms with E-state index in [1.807, 2.05) is 13.1 Å². The maximum Gasteiger partial charge on any atom is 0.194 e. The molecule has 1 atom stereocenters. The lowest BCUT2D eigenvalue weighted by Gasteiger charge is -2.36. The lowest BCUT2D eigenvalue weighted by molar-refractivity contribution is 0.145. The number of fused-ring (bicyclic) bond motifs is 1. The number of piperidine rings is 1. The van der Waals surface area contributed by atoms with Crippen LogP contribution in [0.15, 0.2) is 39.9 Å². The fourth-order valence-corrected chi connectivity index (χ4v) is 4.70. The van der Waals surface area contributed by atoms with E-state index >= 15 is 0 Å². The minimum Gasteiger partial charge on any atom is -0.493 e. The molecule has 176 valence electrons. The van der Waals surface area contributed by atoms with Crippen molar-refractivity contribution in [2.45, 2.75) is 38.3 Å². The van der Waals surface area contributed by atoms with Gasteiger partial charge < -0.3 is 24.1 Å². The molecule has 1 fully saturated rings. The van der Waals surface area contributed by atoms with Crippen molar-refractivity contribution in [1.82, 2.24) is 15.1 Å². The van der Waals surface area contributed by atoms with Gasteiger partial charge in [0.15, 0.2) is 17.5 Å². The van der Waals surface area contributed by atoms with Crippen LogP contribution in [0.3, 0.4) is 0 Å². The van der Waals surface area contributed by atoms with Crippen molar-refractivity contribution in [1.29, 1.82) is 0 Å². The predicted molar refractivity (Wildman–Crippen MR) is 137 cm³/mol. The molecular formula is C24H35IN4O3. The number of aliphatic imine (C=N–C) groups is 1. The number of likely N-dealkylation sites (tertiary alicyclic amines) is 1. The first-order chi connectivity index (χ1) is 15.2. The fraction of sp³-hybridized carbons (Fsp3) is 0.542. The third-order valence-corrected chi connectivity index (χ3v) is 6.39. The molecule has 3 heterocycles. The van der Waals surface area contributed by atoms with Crippen LogP contribution in [0.4, 0.5) is 0 Å². The molecular weight excluding hydrogens is 519 g/mol. The van der Waals surface area contributed by atoms with Crippen molar-refractivity contribution < 1.29 is 13.9 Å². The summed E-state index contributed by atoms with van der Waals surface area (Å²) < 4.78 is 16.8. The van der Waals surface area contributed by atoms with Gasteiger partial charge in [0.2, 0.25) is 0 Å². The molecule has 32 heavy (non-hydrogen) atoms. The zero-order valence-electron chi connectivity index (χ0n) is 19.3. The number of furan rings is 1. The molecule has 0 spiro atoms. The summed E-state index contributed by atoms with van der Waals surface area (Å²) in [7, 11) is 5.22. The molecule has 1 aromatic carbocycles. The number of rotatable bonds is 6. The first-order valence-electron chi connectivity index (χ1n) is 11.2.